The van der Waals surface area contributed by atoms with Gasteiger partial charge in [-0.3, -0.25) is 4.57 Å². The number of H-pyrrole nitrogens is 1. The number of rotatable bonds is 8. The Bertz CT molecular complexity index is 932. The summed E-state index contributed by atoms with van der Waals surface area (Å²) < 4.78 is 7.52. The number of aromatic amines is 1. The van der Waals surface area contributed by atoms with Crippen molar-refractivity contribution in [2.24, 2.45) is 0 Å². The Kier molecular flexibility index (Phi) is 6.40. The van der Waals surface area contributed by atoms with Gasteiger partial charge in [0.25, 0.3) is 0 Å². The number of ether oxygens (including phenoxy) is 1. The van der Waals surface area contributed by atoms with Gasteiger partial charge in [0.15, 0.2) is 5.16 Å². The first-order chi connectivity index (χ1) is 13.0. The van der Waals surface area contributed by atoms with Crippen LogP contribution >= 0.6 is 11.8 Å². The summed E-state index contributed by atoms with van der Waals surface area (Å²) in [6.07, 6.45) is 0. The van der Waals surface area contributed by atoms with Crippen molar-refractivity contribution >= 4 is 11.8 Å². The molecule has 0 bridgehead atoms. The summed E-state index contributed by atoms with van der Waals surface area (Å²) in [6, 6.07) is 16.1. The van der Waals surface area contributed by atoms with Crippen LogP contribution in [0.5, 0.6) is 5.75 Å². The number of nitrogens with one attached hydrogen (secondary N) is 1. The summed E-state index contributed by atoms with van der Waals surface area (Å²) in [5, 5.41) is 7.35. The zero-order chi connectivity index (χ0) is 19.2. The predicted molar refractivity (Wildman–Crippen MR) is 110 cm³/mol. The zero-order valence-electron chi connectivity index (χ0n) is 15.9. The normalized spacial score (nSPS) is 11.1. The van der Waals surface area contributed by atoms with Gasteiger partial charge in [-0.2, -0.15) is 0 Å². The molecule has 0 aliphatic heterocycles. The number of aromatic nitrogens is 3. The predicted octanol–water partition coefficient (Wildman–Crippen LogP) is 4.22. The Labute approximate surface area is 163 Å². The summed E-state index contributed by atoms with van der Waals surface area (Å²) in [6.45, 7) is 7.56. The SMILES string of the molecule is Cc1cc(OCCSc2n[nH]c(=O)n2Cc2ccccc2)ccc1C(C)C. The molecule has 0 amide bonds. The van der Waals surface area contributed by atoms with Gasteiger partial charge in [-0.25, -0.2) is 9.89 Å². The quantitative estimate of drug-likeness (QED) is 0.467. The van der Waals surface area contributed by atoms with Crippen LogP contribution in [-0.4, -0.2) is 27.1 Å². The molecule has 0 unspecified atom stereocenters. The maximum Gasteiger partial charge on any atom is 0.344 e. The topological polar surface area (TPSA) is 59.9 Å². The lowest BCUT2D eigenvalue weighted by molar-refractivity contribution is 0.343. The van der Waals surface area contributed by atoms with Crippen LogP contribution in [0.15, 0.2) is 58.5 Å². The molecule has 0 radical (unpaired) electrons. The summed E-state index contributed by atoms with van der Waals surface area (Å²) in [7, 11) is 0. The van der Waals surface area contributed by atoms with Crippen LogP contribution in [-0.2, 0) is 6.54 Å². The minimum Gasteiger partial charge on any atom is -0.493 e. The zero-order valence-corrected chi connectivity index (χ0v) is 16.8. The average Bonchev–Trinajstić information content (AvgIpc) is 2.99. The Morgan fingerprint density at radius 1 is 1.19 bits per heavy atom. The molecule has 0 fully saturated rings. The lowest BCUT2D eigenvalue weighted by atomic mass is 9.98. The minimum absolute atomic E-state index is 0.192. The fraction of sp³-hybridized carbons (Fsp3) is 0.333. The van der Waals surface area contributed by atoms with E-state index in [4.69, 9.17) is 4.74 Å². The van der Waals surface area contributed by atoms with Crippen LogP contribution in [0.25, 0.3) is 0 Å². The summed E-state index contributed by atoms with van der Waals surface area (Å²) >= 11 is 1.51. The molecule has 0 saturated heterocycles. The number of hydrogen-bond donors (Lipinski definition) is 1. The highest BCUT2D eigenvalue weighted by molar-refractivity contribution is 7.99. The molecular weight excluding hydrogens is 358 g/mol. The molecule has 0 atom stereocenters. The highest BCUT2D eigenvalue weighted by atomic mass is 32.2. The standard InChI is InChI=1S/C21H25N3O2S/c1-15(2)19-10-9-18(13-16(19)3)26-11-12-27-21-23-22-20(25)24(21)14-17-7-5-4-6-8-17/h4-10,13,15H,11-12,14H2,1-3H3,(H,22,25). The van der Waals surface area contributed by atoms with Gasteiger partial charge < -0.3 is 4.74 Å². The number of nitrogens with zero attached hydrogens (tertiary/aromatic N) is 2. The maximum absolute atomic E-state index is 12.0. The molecule has 1 N–H and O–H groups in total. The fourth-order valence-electron chi connectivity index (χ4n) is 3.00. The second-order valence-electron chi connectivity index (χ2n) is 6.75. The molecule has 142 valence electrons. The van der Waals surface area contributed by atoms with Gasteiger partial charge >= 0.3 is 5.69 Å². The molecule has 3 aromatic rings. The molecule has 1 aromatic heterocycles. The minimum atomic E-state index is -0.192. The van der Waals surface area contributed by atoms with Crippen LogP contribution in [0.3, 0.4) is 0 Å². The van der Waals surface area contributed by atoms with Crippen molar-refractivity contribution < 1.29 is 4.74 Å². The second-order valence-corrected chi connectivity index (χ2v) is 7.82. The number of benzene rings is 2. The van der Waals surface area contributed by atoms with E-state index in [9.17, 15) is 4.79 Å². The van der Waals surface area contributed by atoms with E-state index in [-0.39, 0.29) is 5.69 Å². The van der Waals surface area contributed by atoms with Crippen LogP contribution in [0.4, 0.5) is 0 Å². The van der Waals surface area contributed by atoms with E-state index in [1.54, 1.807) is 4.57 Å². The van der Waals surface area contributed by atoms with Crippen molar-refractivity contribution in [2.45, 2.75) is 38.4 Å². The molecule has 27 heavy (non-hydrogen) atoms. The Morgan fingerprint density at radius 2 is 1.96 bits per heavy atom. The fourth-order valence-corrected chi connectivity index (χ4v) is 3.76. The molecule has 1 heterocycles. The molecule has 0 aliphatic rings. The molecule has 5 nitrogen and oxygen atoms in total. The number of thioether (sulfide) groups is 1. The largest absolute Gasteiger partial charge is 0.493 e. The second kappa shape index (κ2) is 8.95. The van der Waals surface area contributed by atoms with Crippen LogP contribution < -0.4 is 10.4 Å². The summed E-state index contributed by atoms with van der Waals surface area (Å²) in [5.41, 5.74) is 3.47. The third-order valence-corrected chi connectivity index (χ3v) is 5.29. The van der Waals surface area contributed by atoms with Crippen molar-refractivity contribution in [2.75, 3.05) is 12.4 Å². The number of hydrogen-bond acceptors (Lipinski definition) is 4. The number of aryl methyl sites for hydroxylation is 1. The van der Waals surface area contributed by atoms with E-state index < -0.39 is 0 Å². The Hall–Kier alpha value is -2.47. The molecular formula is C21H25N3O2S. The lowest BCUT2D eigenvalue weighted by Crippen LogP contribution is -2.18. The smallest absolute Gasteiger partial charge is 0.344 e. The van der Waals surface area contributed by atoms with Gasteiger partial charge in [0.2, 0.25) is 0 Å². The van der Waals surface area contributed by atoms with E-state index in [1.165, 1.54) is 22.9 Å². The first-order valence-corrected chi connectivity index (χ1v) is 10.1. The van der Waals surface area contributed by atoms with E-state index in [0.29, 0.717) is 30.0 Å². The molecule has 2 aromatic carbocycles. The lowest BCUT2D eigenvalue weighted by Gasteiger charge is -2.12. The van der Waals surface area contributed by atoms with Gasteiger partial charge in [-0.05, 0) is 41.7 Å². The highest BCUT2D eigenvalue weighted by Gasteiger charge is 2.10. The Morgan fingerprint density at radius 3 is 2.67 bits per heavy atom. The molecule has 3 rings (SSSR count). The highest BCUT2D eigenvalue weighted by Crippen LogP contribution is 2.24. The first kappa shape index (κ1) is 19.3. The van der Waals surface area contributed by atoms with Crippen LogP contribution in [0, 0.1) is 6.92 Å². The van der Waals surface area contributed by atoms with E-state index in [0.717, 1.165) is 11.3 Å². The first-order valence-electron chi connectivity index (χ1n) is 9.10. The molecule has 0 aliphatic carbocycles. The summed E-state index contributed by atoms with van der Waals surface area (Å²) in [5.74, 6) is 2.10. The molecule has 0 saturated carbocycles. The third-order valence-electron chi connectivity index (χ3n) is 4.35. The summed E-state index contributed by atoms with van der Waals surface area (Å²) in [4.78, 5) is 12.0. The van der Waals surface area contributed by atoms with Crippen molar-refractivity contribution in [3.63, 3.8) is 0 Å². The van der Waals surface area contributed by atoms with E-state index in [1.807, 2.05) is 36.4 Å². The van der Waals surface area contributed by atoms with Gasteiger partial charge in [0, 0.05) is 5.75 Å². The van der Waals surface area contributed by atoms with Crippen molar-refractivity contribution in [3.8, 4) is 5.75 Å². The third kappa shape index (κ3) is 5.04. The van der Waals surface area contributed by atoms with Gasteiger partial charge in [-0.15, -0.1) is 5.10 Å². The van der Waals surface area contributed by atoms with Crippen molar-refractivity contribution in [1.82, 2.24) is 14.8 Å². The van der Waals surface area contributed by atoms with Crippen LogP contribution in [0.2, 0.25) is 0 Å². The maximum atomic E-state index is 12.0. The van der Waals surface area contributed by atoms with Gasteiger partial charge in [0.05, 0.1) is 13.2 Å². The van der Waals surface area contributed by atoms with E-state index in [2.05, 4.69) is 43.1 Å². The molecule has 0 spiro atoms. The van der Waals surface area contributed by atoms with Crippen molar-refractivity contribution in [1.29, 1.82) is 0 Å². The van der Waals surface area contributed by atoms with Gasteiger partial charge in [-0.1, -0.05) is 62.0 Å². The Balaban J connectivity index is 1.55. The monoisotopic (exact) mass is 383 g/mol. The van der Waals surface area contributed by atoms with E-state index >= 15 is 0 Å². The van der Waals surface area contributed by atoms with Gasteiger partial charge in [0.1, 0.15) is 5.75 Å². The van der Waals surface area contributed by atoms with Crippen LogP contribution in [0.1, 0.15) is 36.5 Å². The average molecular weight is 384 g/mol. The molecule has 6 heteroatoms. The van der Waals surface area contributed by atoms with Crippen molar-refractivity contribution in [3.05, 3.63) is 75.7 Å².